The Morgan fingerprint density at radius 1 is 0.913 bits per heavy atom. The van der Waals surface area contributed by atoms with E-state index in [4.69, 9.17) is 10.2 Å². The third-order valence-electron chi connectivity index (χ3n) is 3.53. The van der Waals surface area contributed by atoms with Crippen LogP contribution in [0.25, 0.3) is 33.6 Å². The number of rotatable bonds is 2. The van der Waals surface area contributed by atoms with Gasteiger partial charge in [-0.3, -0.25) is 0 Å². The summed E-state index contributed by atoms with van der Waals surface area (Å²) in [5.74, 6) is 0.355. The number of aromatic nitrogens is 3. The second-order valence-corrected chi connectivity index (χ2v) is 5.75. The normalized spacial score (nSPS) is 11.0. The highest BCUT2D eigenvalue weighted by molar-refractivity contribution is 9.10. The molecule has 0 saturated heterocycles. The minimum atomic E-state index is 0.355. The number of fused-ring (bicyclic) bond motifs is 1. The molecule has 0 aliphatic carbocycles. The maximum absolute atomic E-state index is 5.93. The van der Waals surface area contributed by atoms with Crippen molar-refractivity contribution in [2.45, 2.75) is 0 Å². The molecule has 2 aromatic carbocycles. The molecule has 0 fully saturated rings. The topological polar surface area (TPSA) is 77.8 Å². The zero-order valence-corrected chi connectivity index (χ0v) is 13.5. The summed E-state index contributed by atoms with van der Waals surface area (Å²) < 4.78 is 5.90. The van der Waals surface area contributed by atoms with Crippen LogP contribution in [0.4, 0.5) is 5.82 Å². The molecule has 0 unspecified atom stereocenters. The minimum absolute atomic E-state index is 0.355. The first-order valence-corrected chi connectivity index (χ1v) is 7.74. The molecule has 0 atom stereocenters. The van der Waals surface area contributed by atoms with Crippen molar-refractivity contribution >= 4 is 32.8 Å². The lowest BCUT2D eigenvalue weighted by Gasteiger charge is -2.10. The molecule has 4 aromatic rings. The SMILES string of the molecule is Nc1nc(-c2ccccc2)c(-c2ccc3ncoc3c2)nc1Br. The summed E-state index contributed by atoms with van der Waals surface area (Å²) in [5, 5.41) is 0. The van der Waals surface area contributed by atoms with Crippen molar-refractivity contribution in [1.29, 1.82) is 0 Å². The molecule has 2 heterocycles. The molecule has 6 heteroatoms. The second kappa shape index (κ2) is 5.48. The molecule has 4 rings (SSSR count). The van der Waals surface area contributed by atoms with Crippen molar-refractivity contribution < 1.29 is 4.42 Å². The van der Waals surface area contributed by atoms with E-state index in [-0.39, 0.29) is 0 Å². The maximum Gasteiger partial charge on any atom is 0.181 e. The molecule has 2 aromatic heterocycles. The summed E-state index contributed by atoms with van der Waals surface area (Å²) in [7, 11) is 0. The molecular weight excluding hydrogens is 356 g/mol. The van der Waals surface area contributed by atoms with E-state index in [9.17, 15) is 0 Å². The van der Waals surface area contributed by atoms with Gasteiger partial charge in [0.2, 0.25) is 0 Å². The van der Waals surface area contributed by atoms with E-state index < -0.39 is 0 Å². The first-order valence-electron chi connectivity index (χ1n) is 6.94. The Bertz CT molecular complexity index is 998. The Labute approximate surface area is 140 Å². The summed E-state index contributed by atoms with van der Waals surface area (Å²) in [6.07, 6.45) is 1.43. The van der Waals surface area contributed by atoms with Crippen molar-refractivity contribution in [3.63, 3.8) is 0 Å². The van der Waals surface area contributed by atoms with Gasteiger partial charge in [0.05, 0.1) is 11.4 Å². The zero-order valence-electron chi connectivity index (χ0n) is 11.9. The summed E-state index contributed by atoms with van der Waals surface area (Å²) in [4.78, 5) is 13.2. The van der Waals surface area contributed by atoms with Crippen molar-refractivity contribution in [3.05, 3.63) is 59.5 Å². The van der Waals surface area contributed by atoms with Gasteiger partial charge in [-0.15, -0.1) is 0 Å². The van der Waals surface area contributed by atoms with Crippen LogP contribution in [0.5, 0.6) is 0 Å². The van der Waals surface area contributed by atoms with Gasteiger partial charge in [0.25, 0.3) is 0 Å². The number of nitrogens with zero attached hydrogens (tertiary/aromatic N) is 3. The first-order chi connectivity index (χ1) is 11.2. The van der Waals surface area contributed by atoms with Gasteiger partial charge in [0, 0.05) is 11.1 Å². The Kier molecular flexibility index (Phi) is 3.31. The lowest BCUT2D eigenvalue weighted by atomic mass is 10.0. The standard InChI is InChI=1S/C17H11BrN4O/c18-16-17(19)22-14(10-4-2-1-3-5-10)15(21-16)11-6-7-12-13(8-11)23-9-20-12/h1-9H,(H2,19,22). The van der Waals surface area contributed by atoms with Gasteiger partial charge in [-0.25, -0.2) is 15.0 Å². The van der Waals surface area contributed by atoms with E-state index in [0.29, 0.717) is 16.0 Å². The Hall–Kier alpha value is -2.73. The number of benzene rings is 2. The predicted molar refractivity (Wildman–Crippen MR) is 92.6 cm³/mol. The molecule has 5 nitrogen and oxygen atoms in total. The molecule has 0 aliphatic heterocycles. The van der Waals surface area contributed by atoms with Gasteiger partial charge in [0.1, 0.15) is 10.1 Å². The average Bonchev–Trinajstić information content (AvgIpc) is 3.05. The van der Waals surface area contributed by atoms with E-state index in [1.54, 1.807) is 0 Å². The van der Waals surface area contributed by atoms with Gasteiger partial charge in [0.15, 0.2) is 17.8 Å². The Morgan fingerprint density at radius 2 is 1.70 bits per heavy atom. The number of hydrogen-bond acceptors (Lipinski definition) is 5. The van der Waals surface area contributed by atoms with E-state index in [2.05, 4.69) is 30.9 Å². The number of nitrogen functional groups attached to an aromatic ring is 1. The zero-order chi connectivity index (χ0) is 15.8. The molecule has 0 saturated carbocycles. The van der Waals surface area contributed by atoms with Crippen LogP contribution in [-0.2, 0) is 0 Å². The molecule has 0 radical (unpaired) electrons. The van der Waals surface area contributed by atoms with Gasteiger partial charge >= 0.3 is 0 Å². The summed E-state index contributed by atoms with van der Waals surface area (Å²) in [6.45, 7) is 0. The van der Waals surface area contributed by atoms with Crippen LogP contribution in [0.3, 0.4) is 0 Å². The molecule has 0 spiro atoms. The van der Waals surface area contributed by atoms with Gasteiger partial charge in [-0.1, -0.05) is 36.4 Å². The molecule has 23 heavy (non-hydrogen) atoms. The lowest BCUT2D eigenvalue weighted by Crippen LogP contribution is -2.00. The highest BCUT2D eigenvalue weighted by Gasteiger charge is 2.15. The van der Waals surface area contributed by atoms with E-state index in [1.165, 1.54) is 6.39 Å². The molecular formula is C17H11BrN4O. The highest BCUT2D eigenvalue weighted by atomic mass is 79.9. The van der Waals surface area contributed by atoms with Crippen molar-refractivity contribution in [3.8, 4) is 22.5 Å². The smallest absolute Gasteiger partial charge is 0.181 e. The fraction of sp³-hybridized carbons (Fsp3) is 0. The number of oxazole rings is 1. The molecule has 2 N–H and O–H groups in total. The number of halogens is 1. The average molecular weight is 367 g/mol. The van der Waals surface area contributed by atoms with Crippen molar-refractivity contribution in [1.82, 2.24) is 15.0 Å². The Morgan fingerprint density at radius 3 is 2.52 bits per heavy atom. The monoisotopic (exact) mass is 366 g/mol. The number of nitrogens with two attached hydrogens (primary N) is 1. The largest absolute Gasteiger partial charge is 0.443 e. The Balaban J connectivity index is 1.98. The fourth-order valence-corrected chi connectivity index (χ4v) is 2.69. The quantitative estimate of drug-likeness (QED) is 0.572. The molecule has 0 amide bonds. The van der Waals surface area contributed by atoms with Crippen LogP contribution >= 0.6 is 15.9 Å². The van der Waals surface area contributed by atoms with Crippen LogP contribution in [-0.4, -0.2) is 15.0 Å². The van der Waals surface area contributed by atoms with Gasteiger partial charge < -0.3 is 10.2 Å². The summed E-state index contributed by atoms with van der Waals surface area (Å²) in [5.41, 5.74) is 10.7. The molecule has 0 aliphatic rings. The van der Waals surface area contributed by atoms with Crippen LogP contribution in [0, 0.1) is 0 Å². The van der Waals surface area contributed by atoms with Gasteiger partial charge in [-0.2, -0.15) is 0 Å². The summed E-state index contributed by atoms with van der Waals surface area (Å²) >= 11 is 3.36. The summed E-state index contributed by atoms with van der Waals surface area (Å²) in [6, 6.07) is 15.6. The van der Waals surface area contributed by atoms with E-state index >= 15 is 0 Å². The number of anilines is 1. The third-order valence-corrected chi connectivity index (χ3v) is 4.11. The minimum Gasteiger partial charge on any atom is -0.443 e. The first kappa shape index (κ1) is 13.9. The second-order valence-electron chi connectivity index (χ2n) is 5.00. The third kappa shape index (κ3) is 2.47. The van der Waals surface area contributed by atoms with Crippen molar-refractivity contribution in [2.75, 3.05) is 5.73 Å². The molecule has 0 bridgehead atoms. The predicted octanol–water partition coefficient (Wildman–Crippen LogP) is 4.30. The van der Waals surface area contributed by atoms with Gasteiger partial charge in [-0.05, 0) is 28.1 Å². The highest BCUT2D eigenvalue weighted by Crippen LogP contribution is 2.33. The van der Waals surface area contributed by atoms with Crippen LogP contribution in [0.15, 0.2) is 63.9 Å². The van der Waals surface area contributed by atoms with E-state index in [0.717, 1.165) is 28.0 Å². The fourth-order valence-electron chi connectivity index (χ4n) is 2.43. The van der Waals surface area contributed by atoms with Crippen LogP contribution in [0.2, 0.25) is 0 Å². The maximum atomic E-state index is 5.93. The lowest BCUT2D eigenvalue weighted by molar-refractivity contribution is 0.602. The van der Waals surface area contributed by atoms with E-state index in [1.807, 2.05) is 48.5 Å². The number of hydrogen-bond donors (Lipinski definition) is 1. The van der Waals surface area contributed by atoms with Crippen LogP contribution < -0.4 is 5.73 Å². The van der Waals surface area contributed by atoms with Crippen molar-refractivity contribution in [2.24, 2.45) is 0 Å². The molecule has 112 valence electrons. The van der Waals surface area contributed by atoms with Crippen LogP contribution in [0.1, 0.15) is 0 Å².